The van der Waals surface area contributed by atoms with E-state index in [1.165, 1.54) is 44.5 Å². The summed E-state index contributed by atoms with van der Waals surface area (Å²) in [6, 6.07) is 9.68. The molecule has 3 rings (SSSR count). The van der Waals surface area contributed by atoms with Crippen LogP contribution < -0.4 is 10.2 Å². The molecular formula is C14H20N2. The summed E-state index contributed by atoms with van der Waals surface area (Å²) < 4.78 is 0. The number of hydrogen-bond donors (Lipinski definition) is 1. The lowest BCUT2D eigenvalue weighted by Crippen LogP contribution is -2.37. The zero-order valence-corrected chi connectivity index (χ0v) is 9.78. The van der Waals surface area contributed by atoms with Crippen LogP contribution >= 0.6 is 0 Å². The Kier molecular flexibility index (Phi) is 2.83. The van der Waals surface area contributed by atoms with Crippen LogP contribution in [0.15, 0.2) is 24.3 Å². The van der Waals surface area contributed by atoms with Crippen molar-refractivity contribution in [2.24, 2.45) is 0 Å². The van der Waals surface area contributed by atoms with Crippen molar-refractivity contribution < 1.29 is 0 Å². The normalized spacial score (nSPS) is 25.2. The summed E-state index contributed by atoms with van der Waals surface area (Å²) in [5.74, 6) is 0. The van der Waals surface area contributed by atoms with E-state index < -0.39 is 0 Å². The molecule has 2 aliphatic rings. The van der Waals surface area contributed by atoms with E-state index in [1.807, 2.05) is 0 Å². The maximum atomic E-state index is 3.48. The summed E-state index contributed by atoms with van der Waals surface area (Å²) >= 11 is 0. The second kappa shape index (κ2) is 4.46. The van der Waals surface area contributed by atoms with E-state index in [0.29, 0.717) is 0 Å². The number of hydrogen-bond acceptors (Lipinski definition) is 2. The Bertz CT molecular complexity index is 356. The van der Waals surface area contributed by atoms with Crippen molar-refractivity contribution >= 4 is 5.69 Å². The lowest BCUT2D eigenvalue weighted by atomic mass is 10.1. The molecular weight excluding hydrogens is 196 g/mol. The van der Waals surface area contributed by atoms with Crippen LogP contribution in [-0.2, 0) is 6.42 Å². The van der Waals surface area contributed by atoms with E-state index in [1.54, 1.807) is 5.56 Å². The van der Waals surface area contributed by atoms with Gasteiger partial charge in [0, 0.05) is 24.8 Å². The number of anilines is 1. The highest BCUT2D eigenvalue weighted by Crippen LogP contribution is 2.29. The van der Waals surface area contributed by atoms with Crippen molar-refractivity contribution in [2.45, 2.75) is 31.7 Å². The first kappa shape index (κ1) is 10.2. The molecule has 0 aromatic heterocycles. The van der Waals surface area contributed by atoms with E-state index in [4.69, 9.17) is 0 Å². The van der Waals surface area contributed by atoms with Gasteiger partial charge < -0.3 is 10.2 Å². The fourth-order valence-corrected chi connectivity index (χ4v) is 3.01. The topological polar surface area (TPSA) is 15.3 Å². The molecule has 0 aliphatic carbocycles. The molecule has 0 bridgehead atoms. The average molecular weight is 216 g/mol. The molecule has 1 aromatic rings. The van der Waals surface area contributed by atoms with Crippen LogP contribution in [-0.4, -0.2) is 25.7 Å². The number of benzene rings is 1. The lowest BCUT2D eigenvalue weighted by Gasteiger charge is -2.30. The second-order valence-electron chi connectivity index (χ2n) is 4.93. The van der Waals surface area contributed by atoms with Gasteiger partial charge in [0.15, 0.2) is 0 Å². The fourth-order valence-electron chi connectivity index (χ4n) is 3.01. The minimum atomic E-state index is 0.722. The molecule has 1 fully saturated rings. The summed E-state index contributed by atoms with van der Waals surface area (Å²) in [7, 11) is 0. The number of rotatable bonds is 1. The fraction of sp³-hybridized carbons (Fsp3) is 0.571. The Morgan fingerprint density at radius 2 is 2.12 bits per heavy atom. The Morgan fingerprint density at radius 1 is 1.19 bits per heavy atom. The zero-order chi connectivity index (χ0) is 10.8. The van der Waals surface area contributed by atoms with Gasteiger partial charge >= 0.3 is 0 Å². The molecule has 1 N–H and O–H groups in total. The van der Waals surface area contributed by atoms with Crippen LogP contribution in [0.1, 0.15) is 24.8 Å². The Hall–Kier alpha value is -1.02. The maximum absolute atomic E-state index is 3.48. The quantitative estimate of drug-likeness (QED) is 0.774. The van der Waals surface area contributed by atoms with Gasteiger partial charge in [-0.15, -0.1) is 0 Å². The van der Waals surface area contributed by atoms with Crippen LogP contribution in [0.4, 0.5) is 5.69 Å². The molecule has 0 radical (unpaired) electrons. The van der Waals surface area contributed by atoms with Crippen LogP contribution in [0.2, 0.25) is 0 Å². The molecule has 2 heterocycles. The number of para-hydroxylation sites is 1. The summed E-state index contributed by atoms with van der Waals surface area (Å²) in [5.41, 5.74) is 3.04. The van der Waals surface area contributed by atoms with Crippen molar-refractivity contribution in [1.82, 2.24) is 5.32 Å². The minimum absolute atomic E-state index is 0.722. The Balaban J connectivity index is 1.92. The van der Waals surface area contributed by atoms with Crippen molar-refractivity contribution in [3.05, 3.63) is 29.8 Å². The van der Waals surface area contributed by atoms with E-state index >= 15 is 0 Å². The smallest absolute Gasteiger partial charge is 0.0426 e. The minimum Gasteiger partial charge on any atom is -0.367 e. The molecule has 16 heavy (non-hydrogen) atoms. The molecule has 0 amide bonds. The van der Waals surface area contributed by atoms with Crippen molar-refractivity contribution in [3.63, 3.8) is 0 Å². The third-order valence-corrected chi connectivity index (χ3v) is 3.87. The molecule has 2 nitrogen and oxygen atoms in total. The largest absolute Gasteiger partial charge is 0.367 e. The van der Waals surface area contributed by atoms with Gasteiger partial charge in [0.2, 0.25) is 0 Å². The summed E-state index contributed by atoms with van der Waals surface area (Å²) in [5, 5.41) is 3.48. The molecule has 86 valence electrons. The van der Waals surface area contributed by atoms with Gasteiger partial charge in [-0.05, 0) is 43.9 Å². The highest BCUT2D eigenvalue weighted by molar-refractivity contribution is 5.55. The zero-order valence-electron chi connectivity index (χ0n) is 9.78. The second-order valence-corrected chi connectivity index (χ2v) is 4.93. The van der Waals surface area contributed by atoms with E-state index in [0.717, 1.165) is 12.6 Å². The van der Waals surface area contributed by atoms with E-state index in [-0.39, 0.29) is 0 Å². The maximum Gasteiger partial charge on any atom is 0.0426 e. The van der Waals surface area contributed by atoms with Crippen molar-refractivity contribution in [3.8, 4) is 0 Å². The first-order chi connectivity index (χ1) is 7.95. The lowest BCUT2D eigenvalue weighted by molar-refractivity contribution is 0.615. The SMILES string of the molecule is c1ccc2c(c1)CCCCN2C1CCNC1. The number of nitrogens with zero attached hydrogens (tertiary/aromatic N) is 1. The number of fused-ring (bicyclic) bond motifs is 1. The van der Waals surface area contributed by atoms with Crippen LogP contribution in [0.3, 0.4) is 0 Å². The van der Waals surface area contributed by atoms with E-state index in [9.17, 15) is 0 Å². The summed E-state index contributed by atoms with van der Waals surface area (Å²) in [4.78, 5) is 2.64. The van der Waals surface area contributed by atoms with Gasteiger partial charge in [0.05, 0.1) is 0 Å². The first-order valence-corrected chi connectivity index (χ1v) is 6.50. The van der Waals surface area contributed by atoms with Crippen molar-refractivity contribution in [1.29, 1.82) is 0 Å². The van der Waals surface area contributed by atoms with Gasteiger partial charge in [0.1, 0.15) is 0 Å². The summed E-state index contributed by atoms with van der Waals surface area (Å²) in [6.45, 7) is 3.58. The molecule has 2 heteroatoms. The molecule has 1 atom stereocenters. The van der Waals surface area contributed by atoms with E-state index in [2.05, 4.69) is 34.5 Å². The highest BCUT2D eigenvalue weighted by Gasteiger charge is 2.24. The number of aryl methyl sites for hydroxylation is 1. The van der Waals surface area contributed by atoms with Crippen LogP contribution in [0.5, 0.6) is 0 Å². The molecule has 0 spiro atoms. The molecule has 2 aliphatic heterocycles. The van der Waals surface area contributed by atoms with Crippen molar-refractivity contribution in [2.75, 3.05) is 24.5 Å². The molecule has 1 saturated heterocycles. The predicted molar refractivity (Wildman–Crippen MR) is 68.0 cm³/mol. The molecule has 0 saturated carbocycles. The van der Waals surface area contributed by atoms with Gasteiger partial charge in [0.25, 0.3) is 0 Å². The van der Waals surface area contributed by atoms with Crippen LogP contribution in [0.25, 0.3) is 0 Å². The van der Waals surface area contributed by atoms with Gasteiger partial charge in [-0.3, -0.25) is 0 Å². The molecule has 1 aromatic carbocycles. The predicted octanol–water partition coefficient (Wildman–Crippen LogP) is 2.19. The molecule has 1 unspecified atom stereocenters. The summed E-state index contributed by atoms with van der Waals surface area (Å²) in [6.07, 6.45) is 5.24. The average Bonchev–Trinajstić information content (AvgIpc) is 2.76. The number of nitrogens with one attached hydrogen (secondary N) is 1. The third-order valence-electron chi connectivity index (χ3n) is 3.87. The Morgan fingerprint density at radius 3 is 3.00 bits per heavy atom. The van der Waals surface area contributed by atoms with Crippen LogP contribution in [0, 0.1) is 0 Å². The third kappa shape index (κ3) is 1.82. The first-order valence-electron chi connectivity index (χ1n) is 6.50. The monoisotopic (exact) mass is 216 g/mol. The standard InChI is InChI=1S/C14H20N2/c1-2-7-14-12(5-1)6-3-4-10-16(14)13-8-9-15-11-13/h1-2,5,7,13,15H,3-4,6,8-11H2. The van der Waals surface area contributed by atoms with Gasteiger partial charge in [-0.2, -0.15) is 0 Å². The Labute approximate surface area is 97.6 Å². The highest BCUT2D eigenvalue weighted by atomic mass is 15.2. The van der Waals surface area contributed by atoms with Gasteiger partial charge in [-0.1, -0.05) is 18.2 Å². The van der Waals surface area contributed by atoms with Gasteiger partial charge in [-0.25, -0.2) is 0 Å².